The number of para-hydroxylation sites is 1. The highest BCUT2D eigenvalue weighted by Gasteiger charge is 2.43. The van der Waals surface area contributed by atoms with E-state index in [1.165, 1.54) is 18.7 Å². The number of nitrogens with zero attached hydrogens (tertiary/aromatic N) is 1. The van der Waals surface area contributed by atoms with Crippen LogP contribution in [0.5, 0.6) is 0 Å². The van der Waals surface area contributed by atoms with Crippen molar-refractivity contribution >= 4 is 21.4 Å². The van der Waals surface area contributed by atoms with Crippen molar-refractivity contribution in [2.75, 3.05) is 17.7 Å². The second-order valence-electron chi connectivity index (χ2n) is 5.79. The van der Waals surface area contributed by atoms with Gasteiger partial charge in [0.15, 0.2) is 9.84 Å². The summed E-state index contributed by atoms with van der Waals surface area (Å²) in [4.78, 5) is 14.2. The average Bonchev–Trinajstić information content (AvgIpc) is 2.35. The lowest BCUT2D eigenvalue weighted by atomic mass is 9.97. The summed E-state index contributed by atoms with van der Waals surface area (Å²) in [5.41, 5.74) is 7.72. The topological polar surface area (TPSA) is 80.5 Å². The molecule has 1 unspecified atom stereocenters. The van der Waals surface area contributed by atoms with Crippen LogP contribution in [0.4, 0.5) is 5.69 Å². The van der Waals surface area contributed by atoms with Crippen LogP contribution in [0.15, 0.2) is 24.3 Å². The fraction of sp³-hybridized carbons (Fsp3) is 0.500. The van der Waals surface area contributed by atoms with Crippen molar-refractivity contribution in [1.82, 2.24) is 0 Å². The monoisotopic (exact) mass is 296 g/mol. The minimum atomic E-state index is -3.50. The predicted octanol–water partition coefficient (Wildman–Crippen LogP) is 0.726. The number of rotatable bonds is 2. The maximum absolute atomic E-state index is 12.7. The highest BCUT2D eigenvalue weighted by Crippen LogP contribution is 2.30. The minimum absolute atomic E-state index is 0.177. The second-order valence-corrected chi connectivity index (χ2v) is 8.36. The van der Waals surface area contributed by atoms with Crippen molar-refractivity contribution in [2.24, 2.45) is 5.73 Å². The third-order valence-corrected chi connectivity index (χ3v) is 5.90. The van der Waals surface area contributed by atoms with Crippen LogP contribution < -0.4 is 10.6 Å². The van der Waals surface area contributed by atoms with E-state index in [0.29, 0.717) is 13.0 Å². The Balaban J connectivity index is 2.46. The van der Waals surface area contributed by atoms with E-state index >= 15 is 0 Å². The first-order valence-electron chi connectivity index (χ1n) is 6.49. The van der Waals surface area contributed by atoms with Gasteiger partial charge in [0.05, 0.1) is 0 Å². The van der Waals surface area contributed by atoms with E-state index in [4.69, 9.17) is 5.73 Å². The first-order chi connectivity index (χ1) is 9.14. The third kappa shape index (κ3) is 2.45. The summed E-state index contributed by atoms with van der Waals surface area (Å²) in [6.07, 6.45) is 1.78. The van der Waals surface area contributed by atoms with Gasteiger partial charge in [0.2, 0.25) is 5.91 Å². The average molecular weight is 296 g/mol. The maximum atomic E-state index is 12.7. The molecule has 2 N–H and O–H groups in total. The predicted molar refractivity (Wildman–Crippen MR) is 79.4 cm³/mol. The van der Waals surface area contributed by atoms with E-state index < -0.39 is 20.5 Å². The van der Waals surface area contributed by atoms with E-state index in [9.17, 15) is 13.2 Å². The van der Waals surface area contributed by atoms with Crippen LogP contribution in [-0.4, -0.2) is 37.9 Å². The quantitative estimate of drug-likeness (QED) is 0.872. The highest BCUT2D eigenvalue weighted by molar-refractivity contribution is 7.92. The Hall–Kier alpha value is -1.40. The summed E-state index contributed by atoms with van der Waals surface area (Å²) in [5, 5.41) is 0. The number of benzene rings is 1. The second kappa shape index (κ2) is 4.86. The van der Waals surface area contributed by atoms with Crippen molar-refractivity contribution in [2.45, 2.75) is 31.1 Å². The van der Waals surface area contributed by atoms with Gasteiger partial charge in [-0.3, -0.25) is 4.79 Å². The van der Waals surface area contributed by atoms with Gasteiger partial charge in [-0.1, -0.05) is 18.2 Å². The molecule has 1 aliphatic heterocycles. The smallest absolute Gasteiger partial charge is 0.247 e. The Morgan fingerprint density at radius 1 is 1.35 bits per heavy atom. The molecule has 1 aromatic rings. The number of amides is 1. The van der Waals surface area contributed by atoms with Gasteiger partial charge in [0.1, 0.15) is 4.75 Å². The number of carbonyl (C=O) groups excluding carboxylic acids is 1. The molecule has 0 spiro atoms. The fourth-order valence-electron chi connectivity index (χ4n) is 2.30. The molecule has 0 saturated carbocycles. The lowest BCUT2D eigenvalue weighted by molar-refractivity contribution is -0.120. The van der Waals surface area contributed by atoms with Crippen molar-refractivity contribution in [3.63, 3.8) is 0 Å². The van der Waals surface area contributed by atoms with Gasteiger partial charge in [-0.15, -0.1) is 0 Å². The molecule has 20 heavy (non-hydrogen) atoms. The van der Waals surface area contributed by atoms with Crippen LogP contribution in [0.2, 0.25) is 0 Å². The summed E-state index contributed by atoms with van der Waals surface area (Å²) in [5.74, 6) is -0.428. The Labute approximate surface area is 119 Å². The summed E-state index contributed by atoms with van der Waals surface area (Å²) in [7, 11) is -3.50. The standard InChI is InChI=1S/C14H20N2O3S/c1-14(2,20(3,18)19)13(17)16-9-11(15)8-10-6-4-5-7-12(10)16/h4-7,11H,8-9,15H2,1-3H3. The Morgan fingerprint density at radius 3 is 2.55 bits per heavy atom. The molecule has 2 rings (SSSR count). The molecule has 0 saturated heterocycles. The van der Waals surface area contributed by atoms with Gasteiger partial charge >= 0.3 is 0 Å². The van der Waals surface area contributed by atoms with Crippen molar-refractivity contribution in [1.29, 1.82) is 0 Å². The zero-order chi connectivity index (χ0) is 15.1. The SMILES string of the molecule is CC(C)(C(=O)N1CC(N)Cc2ccccc21)S(C)(=O)=O. The molecule has 1 aromatic carbocycles. The Kier molecular flexibility index (Phi) is 3.64. The molecule has 5 nitrogen and oxygen atoms in total. The maximum Gasteiger partial charge on any atom is 0.247 e. The lowest BCUT2D eigenvalue weighted by Gasteiger charge is -2.37. The lowest BCUT2D eigenvalue weighted by Crippen LogP contribution is -2.55. The molecular formula is C14H20N2O3S. The number of carbonyl (C=O) groups is 1. The number of anilines is 1. The molecule has 0 bridgehead atoms. The first kappa shape index (κ1) is 15.0. The molecule has 6 heteroatoms. The molecular weight excluding hydrogens is 276 g/mol. The summed E-state index contributed by atoms with van der Waals surface area (Å²) < 4.78 is 22.2. The van der Waals surface area contributed by atoms with Crippen LogP contribution in [0.25, 0.3) is 0 Å². The highest BCUT2D eigenvalue weighted by atomic mass is 32.2. The Bertz CT molecular complexity index is 638. The zero-order valence-electron chi connectivity index (χ0n) is 12.0. The van der Waals surface area contributed by atoms with Crippen molar-refractivity contribution < 1.29 is 13.2 Å². The van der Waals surface area contributed by atoms with Crippen LogP contribution in [0, 0.1) is 0 Å². The largest absolute Gasteiger partial charge is 0.326 e. The number of fused-ring (bicyclic) bond motifs is 1. The fourth-order valence-corrected chi connectivity index (χ4v) is 2.73. The molecule has 0 fully saturated rings. The summed E-state index contributed by atoms with van der Waals surface area (Å²) >= 11 is 0. The molecule has 1 atom stereocenters. The van der Waals surface area contributed by atoms with Crippen LogP contribution in [0.1, 0.15) is 19.4 Å². The van der Waals surface area contributed by atoms with Gasteiger partial charge in [0.25, 0.3) is 0 Å². The molecule has 110 valence electrons. The number of sulfone groups is 1. The van der Waals surface area contributed by atoms with E-state index in [0.717, 1.165) is 17.5 Å². The van der Waals surface area contributed by atoms with Crippen LogP contribution in [-0.2, 0) is 21.1 Å². The first-order valence-corrected chi connectivity index (χ1v) is 8.39. The van der Waals surface area contributed by atoms with Gasteiger partial charge < -0.3 is 10.6 Å². The molecule has 1 amide bonds. The van der Waals surface area contributed by atoms with E-state index in [-0.39, 0.29) is 6.04 Å². The molecule has 1 heterocycles. The van der Waals surface area contributed by atoms with Crippen LogP contribution >= 0.6 is 0 Å². The van der Waals surface area contributed by atoms with Gasteiger partial charge in [-0.25, -0.2) is 8.42 Å². The van der Waals surface area contributed by atoms with E-state index in [1.54, 1.807) is 0 Å². The molecule has 0 radical (unpaired) electrons. The summed E-state index contributed by atoms with van der Waals surface area (Å²) in [6.45, 7) is 3.22. The number of hydrogen-bond acceptors (Lipinski definition) is 4. The van der Waals surface area contributed by atoms with Crippen LogP contribution in [0.3, 0.4) is 0 Å². The molecule has 0 aliphatic carbocycles. The molecule has 0 aromatic heterocycles. The van der Waals surface area contributed by atoms with E-state index in [2.05, 4.69) is 0 Å². The number of hydrogen-bond donors (Lipinski definition) is 1. The normalized spacial score (nSPS) is 19.6. The van der Waals surface area contributed by atoms with Crippen molar-refractivity contribution in [3.8, 4) is 0 Å². The van der Waals surface area contributed by atoms with Crippen molar-refractivity contribution in [3.05, 3.63) is 29.8 Å². The zero-order valence-corrected chi connectivity index (χ0v) is 12.8. The minimum Gasteiger partial charge on any atom is -0.326 e. The third-order valence-electron chi connectivity index (χ3n) is 3.87. The summed E-state index contributed by atoms with van der Waals surface area (Å²) in [6, 6.07) is 7.30. The van der Waals surface area contributed by atoms with Gasteiger partial charge in [0, 0.05) is 24.5 Å². The van der Waals surface area contributed by atoms with Gasteiger partial charge in [-0.2, -0.15) is 0 Å². The van der Waals surface area contributed by atoms with Gasteiger partial charge in [-0.05, 0) is 31.9 Å². The Morgan fingerprint density at radius 2 is 1.95 bits per heavy atom. The van der Waals surface area contributed by atoms with E-state index in [1.807, 2.05) is 24.3 Å². The number of nitrogens with two attached hydrogens (primary N) is 1. The molecule has 1 aliphatic rings.